The number of fused-ring (bicyclic) bond motifs is 1. The molecule has 0 fully saturated rings. The standard InChI is InChI=1S/C12H13.2ClH.Hf/c1-2-5-10-8-9-11-6-3-4-7-12(10)11;;;/h3-4,6-9H,2,5H2,1H3;2*1H;/q;;;+2/p-2. The minimum atomic E-state index is -0.972. The van der Waals surface area contributed by atoms with Crippen LogP contribution in [0, 0.1) is 5.92 Å². The molecule has 0 aromatic heterocycles. The van der Waals surface area contributed by atoms with Crippen molar-refractivity contribution in [1.29, 1.82) is 0 Å². The summed E-state index contributed by atoms with van der Waals surface area (Å²) in [6, 6.07) is 8.59. The number of rotatable bonds is 2. The second-order valence-corrected chi connectivity index (χ2v) is 8.46. The number of hydrogen-bond donors (Lipinski definition) is 0. The first-order valence-corrected chi connectivity index (χ1v) is 13.8. The third-order valence-electron chi connectivity index (χ3n) is 2.29. The quantitative estimate of drug-likeness (QED) is 0.618. The molecule has 0 N–H and O–H groups in total. The van der Waals surface area contributed by atoms with Gasteiger partial charge in [0.05, 0.1) is 0 Å². The van der Waals surface area contributed by atoms with Gasteiger partial charge in [-0.2, -0.15) is 0 Å². The second kappa shape index (κ2) is 7.65. The van der Waals surface area contributed by atoms with Gasteiger partial charge in [0.25, 0.3) is 0 Å². The van der Waals surface area contributed by atoms with Crippen molar-refractivity contribution in [3.05, 3.63) is 47.4 Å². The zero-order valence-corrected chi connectivity index (χ0v) is 13.7. The fraction of sp³-hybridized carbons (Fsp3) is 0.250. The van der Waals surface area contributed by atoms with Crippen molar-refractivity contribution in [1.82, 2.24) is 0 Å². The van der Waals surface area contributed by atoms with Crippen molar-refractivity contribution in [3.63, 3.8) is 0 Å². The van der Waals surface area contributed by atoms with E-state index < -0.39 is 20.5 Å². The van der Waals surface area contributed by atoms with E-state index in [-0.39, 0.29) is 0 Å². The van der Waals surface area contributed by atoms with Gasteiger partial charge in [-0.3, -0.25) is 0 Å². The van der Waals surface area contributed by atoms with Crippen molar-refractivity contribution in [2.45, 2.75) is 19.8 Å². The van der Waals surface area contributed by atoms with Gasteiger partial charge >= 0.3 is 37.7 Å². The molecular weight excluding hydrogens is 394 g/mol. The van der Waals surface area contributed by atoms with E-state index in [0.29, 0.717) is 0 Å². The summed E-state index contributed by atoms with van der Waals surface area (Å²) in [5.74, 6) is 1.49. The average molecular weight is 407 g/mol. The van der Waals surface area contributed by atoms with E-state index in [1.807, 2.05) is 0 Å². The first-order valence-electron chi connectivity index (χ1n) is 4.93. The molecule has 0 saturated heterocycles. The van der Waals surface area contributed by atoms with E-state index >= 15 is 0 Å². The minimum absolute atomic E-state index is 0.972. The predicted molar refractivity (Wildman–Crippen MR) is 64.4 cm³/mol. The molecule has 0 saturated carbocycles. The number of allylic oxidation sites excluding steroid dienone is 1. The molecule has 1 aromatic carbocycles. The van der Waals surface area contributed by atoms with Crippen molar-refractivity contribution < 1.29 is 20.5 Å². The zero-order chi connectivity index (χ0) is 11.1. The van der Waals surface area contributed by atoms with Crippen LogP contribution in [0.1, 0.15) is 30.9 Å². The van der Waals surface area contributed by atoms with Crippen LogP contribution in [0.25, 0.3) is 6.08 Å². The number of benzene rings is 1. The van der Waals surface area contributed by atoms with Crippen LogP contribution in [0.15, 0.2) is 30.3 Å². The third-order valence-corrected chi connectivity index (χ3v) is 2.29. The molecule has 1 aromatic rings. The average Bonchev–Trinajstić information content (AvgIpc) is 2.64. The van der Waals surface area contributed by atoms with Crippen LogP contribution in [0.4, 0.5) is 0 Å². The fourth-order valence-corrected chi connectivity index (χ4v) is 1.70. The molecule has 0 bridgehead atoms. The summed E-state index contributed by atoms with van der Waals surface area (Å²) < 4.78 is 0. The summed E-state index contributed by atoms with van der Waals surface area (Å²) in [5.41, 5.74) is 2.81. The van der Waals surface area contributed by atoms with Crippen LogP contribution < -0.4 is 0 Å². The van der Waals surface area contributed by atoms with Crippen molar-refractivity contribution in [2.75, 3.05) is 0 Å². The molecule has 0 atom stereocenters. The molecule has 0 spiro atoms. The molecule has 0 unspecified atom stereocenters. The van der Waals surface area contributed by atoms with Crippen molar-refractivity contribution in [2.24, 2.45) is 0 Å². The van der Waals surface area contributed by atoms with Crippen molar-refractivity contribution in [3.8, 4) is 0 Å². The van der Waals surface area contributed by atoms with E-state index in [1.165, 1.54) is 29.9 Å². The van der Waals surface area contributed by atoms with Gasteiger partial charge < -0.3 is 0 Å². The Labute approximate surface area is 110 Å². The normalized spacial score (nSPS) is 13.0. The fourth-order valence-electron chi connectivity index (χ4n) is 1.70. The van der Waals surface area contributed by atoms with Crippen LogP contribution >= 0.6 is 17.2 Å². The molecule has 2 rings (SSSR count). The maximum atomic E-state index is 4.96. The van der Waals surface area contributed by atoms with Gasteiger partial charge in [-0.1, -0.05) is 49.8 Å². The first kappa shape index (κ1) is 13.5. The van der Waals surface area contributed by atoms with E-state index in [1.54, 1.807) is 0 Å². The molecule has 0 aliphatic heterocycles. The molecule has 15 heavy (non-hydrogen) atoms. The Morgan fingerprint density at radius 3 is 2.47 bits per heavy atom. The predicted octanol–water partition coefficient (Wildman–Crippen LogP) is 4.81. The monoisotopic (exact) mass is 407 g/mol. The summed E-state index contributed by atoms with van der Waals surface area (Å²) in [6.45, 7) is 2.22. The number of hydrogen-bond acceptors (Lipinski definition) is 0. The molecule has 1 aliphatic rings. The zero-order valence-electron chi connectivity index (χ0n) is 8.63. The molecule has 1 aliphatic carbocycles. The Morgan fingerprint density at radius 1 is 1.13 bits per heavy atom. The maximum absolute atomic E-state index is 4.96. The molecule has 0 nitrogen and oxygen atoms in total. The third kappa shape index (κ3) is 4.05. The number of halogens is 2. The van der Waals surface area contributed by atoms with E-state index in [9.17, 15) is 0 Å². The summed E-state index contributed by atoms with van der Waals surface area (Å²) in [5, 5.41) is 0. The van der Waals surface area contributed by atoms with Crippen molar-refractivity contribution >= 4 is 23.2 Å². The molecule has 3 heteroatoms. The van der Waals surface area contributed by atoms with Gasteiger partial charge in [0, 0.05) is 5.92 Å². The molecule has 1 radical (unpaired) electrons. The van der Waals surface area contributed by atoms with Gasteiger partial charge in [0.15, 0.2) is 0 Å². The van der Waals surface area contributed by atoms with E-state index in [2.05, 4.69) is 43.3 Å². The van der Waals surface area contributed by atoms with Crippen LogP contribution in [0.3, 0.4) is 0 Å². The van der Waals surface area contributed by atoms with Crippen LogP contribution in [0.2, 0.25) is 0 Å². The Bertz CT molecular complexity index is 323. The van der Waals surface area contributed by atoms with Crippen LogP contribution in [-0.4, -0.2) is 0 Å². The summed E-state index contributed by atoms with van der Waals surface area (Å²) in [4.78, 5) is 0. The molecule has 79 valence electrons. The second-order valence-electron chi connectivity index (χ2n) is 3.27. The summed E-state index contributed by atoms with van der Waals surface area (Å²) >= 11 is -0.972. The SMILES string of the molecule is CCC[C]1C=Cc2ccccc21.[Cl][Hf][Cl]. The Morgan fingerprint density at radius 2 is 1.80 bits per heavy atom. The van der Waals surface area contributed by atoms with E-state index in [4.69, 9.17) is 17.2 Å². The van der Waals surface area contributed by atoms with Gasteiger partial charge in [0.1, 0.15) is 0 Å². The van der Waals surface area contributed by atoms with Crippen LogP contribution in [0.5, 0.6) is 0 Å². The summed E-state index contributed by atoms with van der Waals surface area (Å²) in [6.07, 6.45) is 6.88. The molecule has 0 heterocycles. The van der Waals surface area contributed by atoms with Gasteiger partial charge in [-0.25, -0.2) is 0 Å². The molecular formula is C12H13Cl2Hf. The van der Waals surface area contributed by atoms with Crippen LogP contribution in [-0.2, 0) is 20.5 Å². The Hall–Kier alpha value is 0.410. The Balaban J connectivity index is 0.000000337. The van der Waals surface area contributed by atoms with Gasteiger partial charge in [-0.05, 0) is 17.5 Å². The Kier molecular flexibility index (Phi) is 6.87. The van der Waals surface area contributed by atoms with E-state index in [0.717, 1.165) is 0 Å². The first-order chi connectivity index (χ1) is 7.33. The van der Waals surface area contributed by atoms with Gasteiger partial charge in [-0.15, -0.1) is 0 Å². The molecule has 0 amide bonds. The summed E-state index contributed by atoms with van der Waals surface area (Å²) in [7, 11) is 9.92. The topological polar surface area (TPSA) is 0 Å². The van der Waals surface area contributed by atoms with Gasteiger partial charge in [0.2, 0.25) is 0 Å².